The Morgan fingerprint density at radius 3 is 2.14 bits per heavy atom. The molecular formula is C18H30O2Si. The van der Waals surface area contributed by atoms with Gasteiger partial charge in [-0.25, -0.2) is 0 Å². The zero-order valence-corrected chi connectivity index (χ0v) is 15.5. The Hall–Kier alpha value is -0.643. The van der Waals surface area contributed by atoms with Crippen molar-refractivity contribution in [1.29, 1.82) is 0 Å². The predicted molar refractivity (Wildman–Crippen MR) is 91.0 cm³/mol. The van der Waals surface area contributed by atoms with Gasteiger partial charge in [-0.3, -0.25) is 0 Å². The van der Waals surface area contributed by atoms with E-state index in [1.165, 1.54) is 5.56 Å². The standard InChI is InChI=1S/C18H30O2Si/c1-13(2)15(20-21(6,7)18(3,4)5)17-16(19-17)14-11-9-8-10-12-14/h8-13,15-17H,1-7H3/t15-,16-,17+/m0/s1. The van der Waals surface area contributed by atoms with Gasteiger partial charge in [-0.2, -0.15) is 0 Å². The van der Waals surface area contributed by atoms with Gasteiger partial charge in [0.05, 0.1) is 6.10 Å². The molecule has 21 heavy (non-hydrogen) atoms. The predicted octanol–water partition coefficient (Wildman–Crippen LogP) is 5.17. The zero-order chi connectivity index (χ0) is 15.8. The van der Waals surface area contributed by atoms with Crippen LogP contribution in [0.5, 0.6) is 0 Å². The van der Waals surface area contributed by atoms with Gasteiger partial charge in [0, 0.05) is 0 Å². The van der Waals surface area contributed by atoms with Crippen molar-refractivity contribution in [2.24, 2.45) is 5.92 Å². The van der Waals surface area contributed by atoms with E-state index in [0.29, 0.717) is 5.92 Å². The molecule has 2 nitrogen and oxygen atoms in total. The summed E-state index contributed by atoms with van der Waals surface area (Å²) in [6.07, 6.45) is 0.612. The summed E-state index contributed by atoms with van der Waals surface area (Å²) in [5.74, 6) is 0.470. The SMILES string of the molecule is CC(C)[C@H](O[Si](C)(C)C(C)(C)C)[C@H]1O[C@H]1c1ccccc1. The van der Waals surface area contributed by atoms with Gasteiger partial charge in [-0.15, -0.1) is 0 Å². The van der Waals surface area contributed by atoms with Crippen LogP contribution in [0.15, 0.2) is 30.3 Å². The maximum atomic E-state index is 6.65. The molecule has 0 aromatic heterocycles. The Morgan fingerprint density at radius 2 is 1.67 bits per heavy atom. The highest BCUT2D eigenvalue weighted by Crippen LogP contribution is 2.46. The number of epoxide rings is 1. The Kier molecular flexibility index (Phi) is 4.67. The van der Waals surface area contributed by atoms with E-state index in [-0.39, 0.29) is 23.4 Å². The van der Waals surface area contributed by atoms with Gasteiger partial charge >= 0.3 is 0 Å². The van der Waals surface area contributed by atoms with Crippen LogP contribution in [0.25, 0.3) is 0 Å². The summed E-state index contributed by atoms with van der Waals surface area (Å²) in [6, 6.07) is 10.5. The summed E-state index contributed by atoms with van der Waals surface area (Å²) in [4.78, 5) is 0. The van der Waals surface area contributed by atoms with E-state index in [9.17, 15) is 0 Å². The molecule has 1 aliphatic heterocycles. The summed E-state index contributed by atoms with van der Waals surface area (Å²) in [6.45, 7) is 16.0. The van der Waals surface area contributed by atoms with Gasteiger partial charge in [0.15, 0.2) is 8.32 Å². The summed E-state index contributed by atoms with van der Waals surface area (Å²) < 4.78 is 12.6. The summed E-state index contributed by atoms with van der Waals surface area (Å²) in [5, 5.41) is 0.233. The number of benzene rings is 1. The smallest absolute Gasteiger partial charge is 0.192 e. The van der Waals surface area contributed by atoms with Crippen LogP contribution in [0.4, 0.5) is 0 Å². The molecule has 0 spiro atoms. The van der Waals surface area contributed by atoms with Crippen LogP contribution in [0.1, 0.15) is 46.3 Å². The topological polar surface area (TPSA) is 21.8 Å². The second-order valence-corrected chi connectivity index (χ2v) is 12.8. The Labute approximate surface area is 131 Å². The minimum Gasteiger partial charge on any atom is -0.411 e. The summed E-state index contributed by atoms with van der Waals surface area (Å²) in [5.41, 5.74) is 1.27. The first-order valence-electron chi connectivity index (χ1n) is 8.02. The maximum Gasteiger partial charge on any atom is 0.192 e. The normalized spacial score (nSPS) is 24.2. The molecule has 3 atom stereocenters. The van der Waals surface area contributed by atoms with E-state index in [1.54, 1.807) is 0 Å². The monoisotopic (exact) mass is 306 g/mol. The Balaban J connectivity index is 2.09. The summed E-state index contributed by atoms with van der Waals surface area (Å²) >= 11 is 0. The van der Waals surface area contributed by atoms with Crippen molar-refractivity contribution < 1.29 is 9.16 Å². The minimum absolute atomic E-state index is 0.191. The highest BCUT2D eigenvalue weighted by molar-refractivity contribution is 6.74. The molecule has 1 saturated heterocycles. The molecule has 0 saturated carbocycles. The average molecular weight is 307 g/mol. The lowest BCUT2D eigenvalue weighted by molar-refractivity contribution is 0.101. The quantitative estimate of drug-likeness (QED) is 0.553. The van der Waals surface area contributed by atoms with E-state index < -0.39 is 8.32 Å². The molecule has 1 aromatic rings. The fraction of sp³-hybridized carbons (Fsp3) is 0.667. The third-order valence-electron chi connectivity index (χ3n) is 4.87. The van der Waals surface area contributed by atoms with Crippen molar-refractivity contribution in [2.75, 3.05) is 0 Å². The van der Waals surface area contributed by atoms with Crippen molar-refractivity contribution in [1.82, 2.24) is 0 Å². The third kappa shape index (κ3) is 3.76. The second-order valence-electron chi connectivity index (χ2n) is 8.02. The number of hydrogen-bond acceptors (Lipinski definition) is 2. The van der Waals surface area contributed by atoms with Gasteiger partial charge in [0.1, 0.15) is 12.2 Å². The maximum absolute atomic E-state index is 6.65. The average Bonchev–Trinajstić information content (AvgIpc) is 3.15. The molecule has 1 aliphatic rings. The first-order valence-corrected chi connectivity index (χ1v) is 10.9. The van der Waals surface area contributed by atoms with Crippen LogP contribution in [0.2, 0.25) is 18.1 Å². The highest BCUT2D eigenvalue weighted by atomic mass is 28.4. The molecule has 118 valence electrons. The zero-order valence-electron chi connectivity index (χ0n) is 14.5. The molecule has 0 amide bonds. The van der Waals surface area contributed by atoms with Crippen LogP contribution in [0.3, 0.4) is 0 Å². The van der Waals surface area contributed by atoms with E-state index in [0.717, 1.165) is 0 Å². The van der Waals surface area contributed by atoms with E-state index in [1.807, 2.05) is 6.07 Å². The van der Waals surface area contributed by atoms with E-state index >= 15 is 0 Å². The van der Waals surface area contributed by atoms with Crippen LogP contribution < -0.4 is 0 Å². The van der Waals surface area contributed by atoms with Crippen molar-refractivity contribution >= 4 is 8.32 Å². The molecule has 1 aromatic carbocycles. The first kappa shape index (κ1) is 16.7. The van der Waals surface area contributed by atoms with Crippen molar-refractivity contribution in [3.63, 3.8) is 0 Å². The van der Waals surface area contributed by atoms with Crippen LogP contribution in [0, 0.1) is 5.92 Å². The second kappa shape index (κ2) is 5.86. The van der Waals surface area contributed by atoms with Crippen LogP contribution in [-0.4, -0.2) is 20.5 Å². The minimum atomic E-state index is -1.76. The molecule has 1 heterocycles. The molecule has 0 N–H and O–H groups in total. The molecule has 0 radical (unpaired) electrons. The lowest BCUT2D eigenvalue weighted by atomic mass is 9.99. The first-order chi connectivity index (χ1) is 9.63. The van der Waals surface area contributed by atoms with Crippen LogP contribution >= 0.6 is 0 Å². The Bertz CT molecular complexity index is 462. The van der Waals surface area contributed by atoms with Crippen LogP contribution in [-0.2, 0) is 9.16 Å². The molecule has 3 heteroatoms. The fourth-order valence-corrected chi connectivity index (χ4v) is 3.82. The van der Waals surface area contributed by atoms with E-state index in [2.05, 4.69) is 72.0 Å². The van der Waals surface area contributed by atoms with Crippen molar-refractivity contribution in [2.45, 2.75) is 71.1 Å². The Morgan fingerprint density at radius 1 is 1.10 bits per heavy atom. The number of hydrogen-bond donors (Lipinski definition) is 0. The molecule has 1 fully saturated rings. The number of ether oxygens (including phenoxy) is 1. The lowest BCUT2D eigenvalue weighted by Crippen LogP contribution is -2.46. The van der Waals surface area contributed by atoms with E-state index in [4.69, 9.17) is 9.16 Å². The molecule has 0 aliphatic carbocycles. The van der Waals surface area contributed by atoms with Gasteiger partial charge in [0.2, 0.25) is 0 Å². The third-order valence-corrected chi connectivity index (χ3v) is 9.35. The van der Waals surface area contributed by atoms with Gasteiger partial charge in [-0.1, -0.05) is 65.0 Å². The van der Waals surface area contributed by atoms with Gasteiger partial charge in [-0.05, 0) is 29.6 Å². The summed E-state index contributed by atoms with van der Waals surface area (Å²) in [7, 11) is -1.76. The number of rotatable bonds is 5. The molecule has 0 unspecified atom stereocenters. The van der Waals surface area contributed by atoms with Gasteiger partial charge in [0.25, 0.3) is 0 Å². The van der Waals surface area contributed by atoms with Crippen molar-refractivity contribution in [3.05, 3.63) is 35.9 Å². The molecule has 2 rings (SSSR count). The largest absolute Gasteiger partial charge is 0.411 e. The molecular weight excluding hydrogens is 276 g/mol. The van der Waals surface area contributed by atoms with Crippen molar-refractivity contribution in [3.8, 4) is 0 Å². The lowest BCUT2D eigenvalue weighted by Gasteiger charge is -2.40. The molecule has 0 bridgehead atoms. The highest BCUT2D eigenvalue weighted by Gasteiger charge is 2.50. The fourth-order valence-electron chi connectivity index (χ4n) is 2.38. The van der Waals surface area contributed by atoms with Gasteiger partial charge < -0.3 is 9.16 Å².